The highest BCUT2D eigenvalue weighted by atomic mass is 32.2. The van der Waals surface area contributed by atoms with Gasteiger partial charge in [0.1, 0.15) is 6.04 Å². The van der Waals surface area contributed by atoms with Crippen molar-refractivity contribution in [2.45, 2.75) is 37.2 Å². The third kappa shape index (κ3) is 2.95. The van der Waals surface area contributed by atoms with Crippen molar-refractivity contribution in [3.05, 3.63) is 29.8 Å². The molecule has 3 unspecified atom stereocenters. The van der Waals surface area contributed by atoms with Gasteiger partial charge in [0.05, 0.1) is 0 Å². The van der Waals surface area contributed by atoms with Crippen LogP contribution >= 0.6 is 11.8 Å². The van der Waals surface area contributed by atoms with Gasteiger partial charge in [0.15, 0.2) is 0 Å². The van der Waals surface area contributed by atoms with Crippen molar-refractivity contribution in [1.82, 2.24) is 4.90 Å². The van der Waals surface area contributed by atoms with Crippen LogP contribution in [0.1, 0.15) is 31.9 Å². The molecule has 1 fully saturated rings. The van der Waals surface area contributed by atoms with Crippen LogP contribution in [0, 0.1) is 5.92 Å². The summed E-state index contributed by atoms with van der Waals surface area (Å²) in [7, 11) is 0. The van der Waals surface area contributed by atoms with Crippen LogP contribution in [-0.4, -0.2) is 34.8 Å². The van der Waals surface area contributed by atoms with Crippen molar-refractivity contribution in [3.63, 3.8) is 0 Å². The lowest BCUT2D eigenvalue weighted by Gasteiger charge is -2.29. The molecule has 0 bridgehead atoms. The zero-order valence-electron chi connectivity index (χ0n) is 11.7. The van der Waals surface area contributed by atoms with E-state index in [9.17, 15) is 9.90 Å². The van der Waals surface area contributed by atoms with E-state index in [4.69, 9.17) is 0 Å². The summed E-state index contributed by atoms with van der Waals surface area (Å²) in [5.41, 5.74) is 1.19. The number of hydrogen-bond acceptors (Lipinski definition) is 3. The lowest BCUT2D eigenvalue weighted by molar-refractivity contribution is -0.144. The molecule has 0 aliphatic carbocycles. The van der Waals surface area contributed by atoms with E-state index in [-0.39, 0.29) is 18.0 Å². The van der Waals surface area contributed by atoms with Gasteiger partial charge in [0.25, 0.3) is 0 Å². The van der Waals surface area contributed by atoms with Crippen LogP contribution in [0.25, 0.3) is 0 Å². The monoisotopic (exact) mass is 279 g/mol. The van der Waals surface area contributed by atoms with Crippen molar-refractivity contribution in [2.75, 3.05) is 12.8 Å². The first kappa shape index (κ1) is 14.4. The molecule has 1 heterocycles. The average molecular weight is 279 g/mol. The van der Waals surface area contributed by atoms with Crippen LogP contribution in [0.3, 0.4) is 0 Å². The molecule has 3 atom stereocenters. The Morgan fingerprint density at radius 3 is 2.58 bits per heavy atom. The molecular weight excluding hydrogens is 258 g/mol. The highest BCUT2D eigenvalue weighted by molar-refractivity contribution is 7.98. The standard InChI is InChI=1S/C15H21NO2S/c1-10-8-9-16(14(10)15(17)18)11(2)12-4-6-13(19-3)7-5-12/h4-7,10-11,14H,8-9H2,1-3H3,(H,17,18). The molecular formula is C15H21NO2S. The fraction of sp³-hybridized carbons (Fsp3) is 0.533. The Bertz CT molecular complexity index is 446. The lowest BCUT2D eigenvalue weighted by atomic mass is 10.0. The normalized spacial score (nSPS) is 25.4. The molecule has 1 aliphatic rings. The van der Waals surface area contributed by atoms with Gasteiger partial charge in [-0.1, -0.05) is 19.1 Å². The molecule has 0 saturated carbocycles. The molecule has 0 aromatic heterocycles. The summed E-state index contributed by atoms with van der Waals surface area (Å²) >= 11 is 1.72. The second-order valence-corrected chi connectivity index (χ2v) is 6.12. The third-order valence-electron chi connectivity index (χ3n) is 4.09. The van der Waals surface area contributed by atoms with E-state index >= 15 is 0 Å². The third-order valence-corrected chi connectivity index (χ3v) is 4.83. The predicted molar refractivity (Wildman–Crippen MR) is 78.5 cm³/mol. The van der Waals surface area contributed by atoms with Crippen molar-refractivity contribution in [2.24, 2.45) is 5.92 Å². The summed E-state index contributed by atoms with van der Waals surface area (Å²) in [6.07, 6.45) is 3.02. The molecule has 1 N–H and O–H groups in total. The van der Waals surface area contributed by atoms with E-state index < -0.39 is 5.97 Å². The zero-order chi connectivity index (χ0) is 14.0. The number of carbonyl (C=O) groups is 1. The minimum absolute atomic E-state index is 0.155. The van der Waals surface area contributed by atoms with E-state index in [1.807, 2.05) is 6.92 Å². The fourth-order valence-corrected chi connectivity index (χ4v) is 3.28. The number of rotatable bonds is 4. The largest absolute Gasteiger partial charge is 0.480 e. The minimum Gasteiger partial charge on any atom is -0.480 e. The molecule has 19 heavy (non-hydrogen) atoms. The van der Waals surface area contributed by atoms with Crippen LogP contribution in [0.5, 0.6) is 0 Å². The number of carboxylic acid groups (broad SMARTS) is 1. The molecule has 0 radical (unpaired) electrons. The Morgan fingerprint density at radius 2 is 2.05 bits per heavy atom. The number of thioether (sulfide) groups is 1. The van der Waals surface area contributed by atoms with Crippen LogP contribution in [0.2, 0.25) is 0 Å². The van der Waals surface area contributed by atoms with Crippen LogP contribution in [0.4, 0.5) is 0 Å². The quantitative estimate of drug-likeness (QED) is 0.859. The molecule has 3 nitrogen and oxygen atoms in total. The number of nitrogens with zero attached hydrogens (tertiary/aromatic N) is 1. The van der Waals surface area contributed by atoms with Gasteiger partial charge >= 0.3 is 5.97 Å². The first-order valence-corrected chi connectivity index (χ1v) is 7.89. The second-order valence-electron chi connectivity index (χ2n) is 5.24. The van der Waals surface area contributed by atoms with Crippen LogP contribution in [-0.2, 0) is 4.79 Å². The van der Waals surface area contributed by atoms with Gasteiger partial charge in [-0.05, 0) is 49.8 Å². The Morgan fingerprint density at radius 1 is 1.42 bits per heavy atom. The number of likely N-dealkylation sites (tertiary alicyclic amines) is 1. The van der Waals surface area contributed by atoms with Gasteiger partial charge in [0.2, 0.25) is 0 Å². The molecule has 0 amide bonds. The van der Waals surface area contributed by atoms with Crippen molar-refractivity contribution < 1.29 is 9.90 Å². The van der Waals surface area contributed by atoms with Crippen molar-refractivity contribution in [1.29, 1.82) is 0 Å². The Labute approximate surface area is 119 Å². The number of benzene rings is 1. The number of carboxylic acids is 1. The van der Waals surface area contributed by atoms with Gasteiger partial charge in [-0.3, -0.25) is 9.69 Å². The maximum absolute atomic E-state index is 11.4. The first-order valence-electron chi connectivity index (χ1n) is 6.67. The average Bonchev–Trinajstić information content (AvgIpc) is 2.80. The van der Waals surface area contributed by atoms with E-state index in [0.717, 1.165) is 13.0 Å². The summed E-state index contributed by atoms with van der Waals surface area (Å²) in [5, 5.41) is 9.39. The summed E-state index contributed by atoms with van der Waals surface area (Å²) in [6.45, 7) is 4.99. The van der Waals surface area contributed by atoms with E-state index in [1.54, 1.807) is 11.8 Å². The van der Waals surface area contributed by atoms with E-state index in [0.29, 0.717) is 0 Å². The number of aliphatic carboxylic acids is 1. The summed E-state index contributed by atoms with van der Waals surface area (Å²) in [5.74, 6) is -0.469. The molecule has 2 rings (SSSR count). The maximum Gasteiger partial charge on any atom is 0.321 e. The molecule has 1 aromatic rings. The molecule has 1 aliphatic heterocycles. The molecule has 4 heteroatoms. The highest BCUT2D eigenvalue weighted by Crippen LogP contribution is 2.33. The summed E-state index contributed by atoms with van der Waals surface area (Å²) in [4.78, 5) is 14.8. The van der Waals surface area contributed by atoms with E-state index in [2.05, 4.69) is 42.3 Å². The SMILES string of the molecule is CSc1ccc(C(C)N2CCC(C)C2C(=O)O)cc1. The topological polar surface area (TPSA) is 40.5 Å². The highest BCUT2D eigenvalue weighted by Gasteiger charge is 2.39. The maximum atomic E-state index is 11.4. The zero-order valence-corrected chi connectivity index (χ0v) is 12.5. The van der Waals surface area contributed by atoms with Crippen molar-refractivity contribution >= 4 is 17.7 Å². The molecule has 1 saturated heterocycles. The van der Waals surface area contributed by atoms with Gasteiger partial charge in [-0.15, -0.1) is 11.8 Å². The van der Waals surface area contributed by atoms with Crippen molar-refractivity contribution in [3.8, 4) is 0 Å². The van der Waals surface area contributed by atoms with E-state index in [1.165, 1.54) is 10.5 Å². The predicted octanol–water partition coefficient (Wildman–Crippen LogP) is 3.26. The lowest BCUT2D eigenvalue weighted by Crippen LogP contribution is -2.40. The smallest absolute Gasteiger partial charge is 0.321 e. The Balaban J connectivity index is 2.18. The van der Waals surface area contributed by atoms with Gasteiger partial charge in [-0.25, -0.2) is 0 Å². The van der Waals surface area contributed by atoms with Gasteiger partial charge in [0, 0.05) is 10.9 Å². The van der Waals surface area contributed by atoms with Gasteiger partial charge < -0.3 is 5.11 Å². The minimum atomic E-state index is -0.697. The molecule has 104 valence electrons. The second kappa shape index (κ2) is 5.97. The first-order chi connectivity index (χ1) is 9.04. The van der Waals surface area contributed by atoms with Crippen LogP contribution < -0.4 is 0 Å². The molecule has 0 spiro atoms. The summed E-state index contributed by atoms with van der Waals surface area (Å²) in [6, 6.07) is 8.23. The van der Waals surface area contributed by atoms with Crippen LogP contribution in [0.15, 0.2) is 29.2 Å². The number of hydrogen-bond donors (Lipinski definition) is 1. The van der Waals surface area contributed by atoms with Gasteiger partial charge in [-0.2, -0.15) is 0 Å². The fourth-order valence-electron chi connectivity index (χ4n) is 2.87. The Hall–Kier alpha value is -1.00. The molecule has 1 aromatic carbocycles. The summed E-state index contributed by atoms with van der Waals surface area (Å²) < 4.78 is 0. The Kier molecular flexibility index (Phi) is 4.53.